The number of carbonyl (C=O) groups is 1. The zero-order chi connectivity index (χ0) is 14.8. The molecule has 1 atom stereocenters. The first-order chi connectivity index (χ1) is 10.1. The van der Waals surface area contributed by atoms with Gasteiger partial charge < -0.3 is 10.1 Å². The Morgan fingerprint density at radius 2 is 2.05 bits per heavy atom. The number of para-hydroxylation sites is 1. The van der Waals surface area contributed by atoms with Crippen LogP contribution in [0.2, 0.25) is 0 Å². The number of hydrogen-bond acceptors (Lipinski definition) is 2. The maximum Gasteiger partial charge on any atom is 0.252 e. The molecule has 0 spiro atoms. The Morgan fingerprint density at radius 1 is 1.24 bits per heavy atom. The molecule has 21 heavy (non-hydrogen) atoms. The molecule has 5 heteroatoms. The van der Waals surface area contributed by atoms with Gasteiger partial charge in [0.15, 0.2) is 0 Å². The van der Waals surface area contributed by atoms with Crippen molar-refractivity contribution in [2.24, 2.45) is 0 Å². The molecule has 108 valence electrons. The van der Waals surface area contributed by atoms with E-state index in [0.29, 0.717) is 12.1 Å². The highest BCUT2D eigenvalue weighted by molar-refractivity contribution is 9.11. The largest absolute Gasteiger partial charge is 0.488 e. The number of nitrogens with one attached hydrogen (secondary N) is 1. The van der Waals surface area contributed by atoms with E-state index in [1.54, 1.807) is 6.07 Å². The molecule has 0 aromatic heterocycles. The van der Waals surface area contributed by atoms with Crippen LogP contribution < -0.4 is 10.1 Å². The number of benzene rings is 2. The lowest BCUT2D eigenvalue weighted by Crippen LogP contribution is -2.34. The zero-order valence-electron chi connectivity index (χ0n) is 11.1. The number of carbonyl (C=O) groups excluding carboxylic acids is 1. The monoisotopic (exact) mass is 409 g/mol. The van der Waals surface area contributed by atoms with Crippen molar-refractivity contribution in [1.29, 1.82) is 0 Å². The summed E-state index contributed by atoms with van der Waals surface area (Å²) in [6.45, 7) is 0.496. The predicted octanol–water partition coefficient (Wildman–Crippen LogP) is 3.95. The van der Waals surface area contributed by atoms with Crippen molar-refractivity contribution in [3.8, 4) is 5.75 Å². The second kappa shape index (κ2) is 6.20. The molecule has 1 N–H and O–H groups in total. The van der Waals surface area contributed by atoms with Gasteiger partial charge >= 0.3 is 0 Å². The third kappa shape index (κ3) is 3.30. The molecule has 1 aliphatic heterocycles. The molecule has 0 aliphatic carbocycles. The van der Waals surface area contributed by atoms with Crippen molar-refractivity contribution in [3.05, 3.63) is 62.5 Å². The number of fused-ring (bicyclic) bond motifs is 1. The summed E-state index contributed by atoms with van der Waals surface area (Å²) in [5.41, 5.74) is 1.82. The third-order valence-electron chi connectivity index (χ3n) is 3.38. The van der Waals surface area contributed by atoms with Crippen molar-refractivity contribution in [3.63, 3.8) is 0 Å². The zero-order valence-corrected chi connectivity index (χ0v) is 14.3. The normalized spacial score (nSPS) is 16.2. The summed E-state index contributed by atoms with van der Waals surface area (Å²) in [7, 11) is 0. The predicted molar refractivity (Wildman–Crippen MR) is 88.7 cm³/mol. The van der Waals surface area contributed by atoms with E-state index in [0.717, 1.165) is 21.1 Å². The first-order valence-electron chi connectivity index (χ1n) is 6.61. The van der Waals surface area contributed by atoms with E-state index >= 15 is 0 Å². The topological polar surface area (TPSA) is 38.3 Å². The van der Waals surface area contributed by atoms with Crippen LogP contribution in [0.5, 0.6) is 5.75 Å². The lowest BCUT2D eigenvalue weighted by atomic mass is 10.1. The van der Waals surface area contributed by atoms with Gasteiger partial charge in [0.2, 0.25) is 0 Å². The standard InChI is InChI=1S/C16H13Br2NO2/c17-11-5-6-13(14(18)8-11)16(20)19-9-12-7-10-3-1-2-4-15(10)21-12/h1-6,8,12H,7,9H2,(H,19,20). The van der Waals surface area contributed by atoms with Crippen molar-refractivity contribution in [1.82, 2.24) is 5.32 Å². The summed E-state index contributed by atoms with van der Waals surface area (Å²) in [6.07, 6.45) is 0.832. The fourth-order valence-electron chi connectivity index (χ4n) is 2.34. The van der Waals surface area contributed by atoms with Crippen LogP contribution in [0, 0.1) is 0 Å². The SMILES string of the molecule is O=C(NCC1Cc2ccccc2O1)c1ccc(Br)cc1Br. The van der Waals surface area contributed by atoms with E-state index in [4.69, 9.17) is 4.74 Å². The Morgan fingerprint density at radius 3 is 2.81 bits per heavy atom. The van der Waals surface area contributed by atoms with E-state index in [1.807, 2.05) is 30.3 Å². The smallest absolute Gasteiger partial charge is 0.252 e. The summed E-state index contributed by atoms with van der Waals surface area (Å²) >= 11 is 6.78. The first kappa shape index (κ1) is 14.6. The molecule has 2 aromatic rings. The van der Waals surface area contributed by atoms with Crippen molar-refractivity contribution in [2.45, 2.75) is 12.5 Å². The molecule has 0 saturated heterocycles. The number of rotatable bonds is 3. The fourth-order valence-corrected chi connectivity index (χ4v) is 3.57. The Balaban J connectivity index is 1.60. The Kier molecular flexibility index (Phi) is 4.31. The van der Waals surface area contributed by atoms with E-state index in [2.05, 4.69) is 43.2 Å². The summed E-state index contributed by atoms with van der Waals surface area (Å²) in [5.74, 6) is 0.815. The third-order valence-corrected chi connectivity index (χ3v) is 4.53. The molecular weight excluding hydrogens is 398 g/mol. The van der Waals surface area contributed by atoms with Gasteiger partial charge in [-0.3, -0.25) is 4.79 Å². The minimum Gasteiger partial charge on any atom is -0.488 e. The molecule has 0 saturated carbocycles. The van der Waals surface area contributed by atoms with Gasteiger partial charge in [-0.05, 0) is 45.8 Å². The van der Waals surface area contributed by atoms with Gasteiger partial charge in [0.05, 0.1) is 12.1 Å². The summed E-state index contributed by atoms with van der Waals surface area (Å²) in [5, 5.41) is 2.93. The molecular formula is C16H13Br2NO2. The number of hydrogen-bond donors (Lipinski definition) is 1. The molecule has 0 bridgehead atoms. The molecule has 3 nitrogen and oxygen atoms in total. The Bertz CT molecular complexity index is 663. The maximum absolute atomic E-state index is 12.2. The minimum atomic E-state index is -0.103. The van der Waals surface area contributed by atoms with Crippen LogP contribution in [0.15, 0.2) is 51.4 Å². The summed E-state index contributed by atoms with van der Waals surface area (Å²) in [4.78, 5) is 12.2. The lowest BCUT2D eigenvalue weighted by Gasteiger charge is -2.12. The molecule has 1 aliphatic rings. The quantitative estimate of drug-likeness (QED) is 0.831. The molecule has 1 unspecified atom stereocenters. The van der Waals surface area contributed by atoms with Crippen molar-refractivity contribution < 1.29 is 9.53 Å². The molecule has 0 radical (unpaired) electrons. The van der Waals surface area contributed by atoms with Crippen molar-refractivity contribution >= 4 is 37.8 Å². The van der Waals surface area contributed by atoms with Gasteiger partial charge in [0.1, 0.15) is 11.9 Å². The second-order valence-electron chi connectivity index (χ2n) is 4.89. The molecule has 1 heterocycles. The van der Waals surface area contributed by atoms with Crippen LogP contribution in [0.1, 0.15) is 15.9 Å². The average Bonchev–Trinajstić information content (AvgIpc) is 2.87. The highest BCUT2D eigenvalue weighted by atomic mass is 79.9. The van der Waals surface area contributed by atoms with Gasteiger partial charge in [-0.1, -0.05) is 34.1 Å². The number of ether oxygens (including phenoxy) is 1. The van der Waals surface area contributed by atoms with Gasteiger partial charge in [-0.25, -0.2) is 0 Å². The Hall–Kier alpha value is -1.33. The molecule has 0 fully saturated rings. The van der Waals surface area contributed by atoms with Crippen LogP contribution in [-0.4, -0.2) is 18.6 Å². The maximum atomic E-state index is 12.2. The lowest BCUT2D eigenvalue weighted by molar-refractivity contribution is 0.0933. The van der Waals surface area contributed by atoms with Crippen LogP contribution in [0.25, 0.3) is 0 Å². The molecule has 2 aromatic carbocycles. The van der Waals surface area contributed by atoms with Crippen LogP contribution >= 0.6 is 31.9 Å². The number of amides is 1. The van der Waals surface area contributed by atoms with Crippen molar-refractivity contribution in [2.75, 3.05) is 6.54 Å². The van der Waals surface area contributed by atoms with Crippen LogP contribution in [0.3, 0.4) is 0 Å². The fraction of sp³-hybridized carbons (Fsp3) is 0.188. The molecule has 3 rings (SSSR count). The van der Waals surface area contributed by atoms with E-state index in [1.165, 1.54) is 5.56 Å². The first-order valence-corrected chi connectivity index (χ1v) is 8.20. The summed E-state index contributed by atoms with van der Waals surface area (Å²) < 4.78 is 7.51. The van der Waals surface area contributed by atoms with E-state index in [9.17, 15) is 4.79 Å². The van der Waals surface area contributed by atoms with Crippen LogP contribution in [0.4, 0.5) is 0 Å². The minimum absolute atomic E-state index is 0.000531. The van der Waals surface area contributed by atoms with Gasteiger partial charge in [-0.2, -0.15) is 0 Å². The summed E-state index contributed by atoms with van der Waals surface area (Å²) in [6, 6.07) is 13.5. The molecule has 1 amide bonds. The van der Waals surface area contributed by atoms with E-state index < -0.39 is 0 Å². The Labute approximate surface area is 140 Å². The average molecular weight is 411 g/mol. The second-order valence-corrected chi connectivity index (χ2v) is 6.66. The van der Waals surface area contributed by atoms with Crippen LogP contribution in [-0.2, 0) is 6.42 Å². The van der Waals surface area contributed by atoms with Gasteiger partial charge in [-0.15, -0.1) is 0 Å². The van der Waals surface area contributed by atoms with E-state index in [-0.39, 0.29) is 12.0 Å². The highest BCUT2D eigenvalue weighted by Gasteiger charge is 2.23. The van der Waals surface area contributed by atoms with Gasteiger partial charge in [0, 0.05) is 15.4 Å². The highest BCUT2D eigenvalue weighted by Crippen LogP contribution is 2.28. The number of halogens is 2. The van der Waals surface area contributed by atoms with Gasteiger partial charge in [0.25, 0.3) is 5.91 Å².